The van der Waals surface area contributed by atoms with Gasteiger partial charge in [0.05, 0.1) is 12.7 Å². The van der Waals surface area contributed by atoms with Gasteiger partial charge in [-0.15, -0.1) is 0 Å². The molecule has 0 spiro atoms. The first-order valence-corrected chi connectivity index (χ1v) is 8.33. The number of hydrogen-bond donors (Lipinski definition) is 2. The molecule has 0 aliphatic carbocycles. The lowest BCUT2D eigenvalue weighted by Crippen LogP contribution is -2.37. The maximum absolute atomic E-state index is 11.6. The fourth-order valence-electron chi connectivity index (χ4n) is 2.13. The summed E-state index contributed by atoms with van der Waals surface area (Å²) in [6.45, 7) is 10.6. The number of aryl methyl sites for hydroxylation is 2. The molecule has 2 N–H and O–H groups in total. The fraction of sp³-hybridized carbons (Fsp3) is 0.611. The molecule has 0 aliphatic heterocycles. The number of nitrogens with one attached hydrogen (secondary N) is 2. The first-order valence-electron chi connectivity index (χ1n) is 8.33. The summed E-state index contributed by atoms with van der Waals surface area (Å²) in [5.74, 6) is 0.946. The summed E-state index contributed by atoms with van der Waals surface area (Å²) >= 11 is 0. The maximum Gasteiger partial charge on any atom is 0.314 e. The second-order valence-electron chi connectivity index (χ2n) is 5.88. The molecule has 0 heterocycles. The number of benzene rings is 1. The van der Waals surface area contributed by atoms with Crippen molar-refractivity contribution in [3.8, 4) is 5.75 Å². The molecule has 5 nitrogen and oxygen atoms in total. The maximum atomic E-state index is 11.6. The van der Waals surface area contributed by atoms with Crippen LogP contribution in [0, 0.1) is 13.8 Å². The van der Waals surface area contributed by atoms with Crippen molar-refractivity contribution >= 4 is 6.03 Å². The Morgan fingerprint density at radius 1 is 1.04 bits per heavy atom. The van der Waals surface area contributed by atoms with Gasteiger partial charge in [0.2, 0.25) is 0 Å². The summed E-state index contributed by atoms with van der Waals surface area (Å²) in [5.41, 5.74) is 2.28. The predicted molar refractivity (Wildman–Crippen MR) is 93.1 cm³/mol. The summed E-state index contributed by atoms with van der Waals surface area (Å²) < 4.78 is 11.2. The third kappa shape index (κ3) is 8.45. The topological polar surface area (TPSA) is 59.6 Å². The second-order valence-corrected chi connectivity index (χ2v) is 5.88. The third-order valence-electron chi connectivity index (χ3n) is 3.32. The van der Waals surface area contributed by atoms with Gasteiger partial charge in [-0.2, -0.15) is 0 Å². The van der Waals surface area contributed by atoms with E-state index in [2.05, 4.69) is 10.6 Å². The minimum absolute atomic E-state index is 0.137. The Morgan fingerprint density at radius 2 is 1.61 bits per heavy atom. The molecule has 1 aromatic carbocycles. The van der Waals surface area contributed by atoms with Crippen LogP contribution in [0.4, 0.5) is 4.79 Å². The number of urea groups is 1. The van der Waals surface area contributed by atoms with Crippen LogP contribution in [0.25, 0.3) is 0 Å². The molecule has 23 heavy (non-hydrogen) atoms. The number of amides is 2. The van der Waals surface area contributed by atoms with E-state index in [9.17, 15) is 4.79 Å². The van der Waals surface area contributed by atoms with Gasteiger partial charge in [0.15, 0.2) is 0 Å². The molecule has 0 aliphatic rings. The van der Waals surface area contributed by atoms with E-state index in [0.717, 1.165) is 29.7 Å². The van der Waals surface area contributed by atoms with Crippen LogP contribution in [-0.2, 0) is 4.74 Å². The largest absolute Gasteiger partial charge is 0.493 e. The van der Waals surface area contributed by atoms with E-state index < -0.39 is 0 Å². The normalized spacial score (nSPS) is 10.7. The van der Waals surface area contributed by atoms with E-state index in [1.165, 1.54) is 0 Å². The van der Waals surface area contributed by atoms with Crippen molar-refractivity contribution in [2.75, 3.05) is 26.3 Å². The summed E-state index contributed by atoms with van der Waals surface area (Å²) in [5, 5.41) is 5.64. The van der Waals surface area contributed by atoms with E-state index >= 15 is 0 Å². The number of para-hydroxylation sites is 1. The highest BCUT2D eigenvalue weighted by atomic mass is 16.5. The Hall–Kier alpha value is -1.75. The van der Waals surface area contributed by atoms with Gasteiger partial charge in [-0.1, -0.05) is 18.2 Å². The van der Waals surface area contributed by atoms with Crippen molar-refractivity contribution in [2.24, 2.45) is 0 Å². The van der Waals surface area contributed by atoms with Gasteiger partial charge in [0.25, 0.3) is 0 Å². The summed E-state index contributed by atoms with van der Waals surface area (Å²) in [7, 11) is 0. The van der Waals surface area contributed by atoms with Gasteiger partial charge in [-0.05, 0) is 51.7 Å². The standard InChI is InChI=1S/C18H30N2O3/c1-14(2)22-12-6-10-19-18(21)20-11-7-13-23-17-15(3)8-5-9-16(17)4/h5,8-9,14H,6-7,10-13H2,1-4H3,(H2,19,20,21). The minimum Gasteiger partial charge on any atom is -0.493 e. The van der Waals surface area contributed by atoms with Crippen LogP contribution in [0.2, 0.25) is 0 Å². The summed E-state index contributed by atoms with van der Waals surface area (Å²) in [4.78, 5) is 11.6. The predicted octanol–water partition coefficient (Wildman–Crippen LogP) is 3.19. The van der Waals surface area contributed by atoms with Crippen LogP contribution in [0.5, 0.6) is 5.75 Å². The zero-order valence-corrected chi connectivity index (χ0v) is 14.8. The Kier molecular flexibility index (Phi) is 9.14. The first-order chi connectivity index (χ1) is 11.0. The van der Waals surface area contributed by atoms with Crippen LogP contribution in [0.1, 0.15) is 37.8 Å². The monoisotopic (exact) mass is 322 g/mol. The lowest BCUT2D eigenvalue weighted by atomic mass is 10.1. The van der Waals surface area contributed by atoms with Gasteiger partial charge in [0, 0.05) is 19.7 Å². The van der Waals surface area contributed by atoms with Crippen LogP contribution in [-0.4, -0.2) is 38.4 Å². The molecule has 0 aromatic heterocycles. The quantitative estimate of drug-likeness (QED) is 0.650. The van der Waals surface area contributed by atoms with Crippen molar-refractivity contribution in [1.29, 1.82) is 0 Å². The van der Waals surface area contributed by atoms with Gasteiger partial charge in [0.1, 0.15) is 5.75 Å². The van der Waals surface area contributed by atoms with Crippen molar-refractivity contribution < 1.29 is 14.3 Å². The molecule has 0 bridgehead atoms. The minimum atomic E-state index is -0.137. The van der Waals surface area contributed by atoms with Crippen molar-refractivity contribution in [1.82, 2.24) is 10.6 Å². The number of rotatable bonds is 10. The van der Waals surface area contributed by atoms with E-state index in [1.807, 2.05) is 45.9 Å². The molecule has 0 saturated heterocycles. The smallest absolute Gasteiger partial charge is 0.314 e. The lowest BCUT2D eigenvalue weighted by Gasteiger charge is -2.12. The zero-order valence-electron chi connectivity index (χ0n) is 14.8. The van der Waals surface area contributed by atoms with Gasteiger partial charge >= 0.3 is 6.03 Å². The molecular weight excluding hydrogens is 292 g/mol. The van der Waals surface area contributed by atoms with Crippen molar-refractivity contribution in [2.45, 2.75) is 46.6 Å². The average Bonchev–Trinajstić information content (AvgIpc) is 2.49. The molecule has 0 saturated carbocycles. The number of ether oxygens (including phenoxy) is 2. The molecule has 2 amide bonds. The molecule has 0 fully saturated rings. The van der Waals surface area contributed by atoms with E-state index in [1.54, 1.807) is 0 Å². The Bertz CT molecular complexity index is 455. The van der Waals surface area contributed by atoms with Crippen LogP contribution in [0.3, 0.4) is 0 Å². The van der Waals surface area contributed by atoms with Gasteiger partial charge in [-0.3, -0.25) is 0 Å². The third-order valence-corrected chi connectivity index (χ3v) is 3.32. The molecular formula is C18H30N2O3. The van der Waals surface area contributed by atoms with Gasteiger partial charge < -0.3 is 20.1 Å². The van der Waals surface area contributed by atoms with Crippen molar-refractivity contribution in [3.05, 3.63) is 29.3 Å². The van der Waals surface area contributed by atoms with E-state index in [4.69, 9.17) is 9.47 Å². The lowest BCUT2D eigenvalue weighted by molar-refractivity contribution is 0.0774. The summed E-state index contributed by atoms with van der Waals surface area (Å²) in [6, 6.07) is 5.96. The summed E-state index contributed by atoms with van der Waals surface area (Å²) in [6.07, 6.45) is 1.83. The molecule has 0 atom stereocenters. The van der Waals surface area contributed by atoms with Gasteiger partial charge in [-0.25, -0.2) is 4.79 Å². The highest BCUT2D eigenvalue weighted by Gasteiger charge is 2.03. The molecule has 5 heteroatoms. The van der Waals surface area contributed by atoms with E-state index in [-0.39, 0.29) is 12.1 Å². The second kappa shape index (κ2) is 10.9. The number of carbonyl (C=O) groups excluding carboxylic acids is 1. The molecule has 0 radical (unpaired) electrons. The van der Waals surface area contributed by atoms with E-state index in [0.29, 0.717) is 26.3 Å². The Labute approximate surface area is 139 Å². The number of hydrogen-bond acceptors (Lipinski definition) is 3. The molecule has 1 rings (SSSR count). The molecule has 1 aromatic rings. The fourth-order valence-corrected chi connectivity index (χ4v) is 2.13. The molecule has 130 valence electrons. The SMILES string of the molecule is Cc1cccc(C)c1OCCCNC(=O)NCCCOC(C)C. The van der Waals surface area contributed by atoms with Crippen molar-refractivity contribution in [3.63, 3.8) is 0 Å². The highest BCUT2D eigenvalue weighted by Crippen LogP contribution is 2.22. The zero-order chi connectivity index (χ0) is 17.1. The Morgan fingerprint density at radius 3 is 2.17 bits per heavy atom. The van der Waals surface area contributed by atoms with Crippen LogP contribution < -0.4 is 15.4 Å². The Balaban J connectivity index is 2.05. The molecule has 0 unspecified atom stereocenters. The first kappa shape index (κ1) is 19.3. The highest BCUT2D eigenvalue weighted by molar-refractivity contribution is 5.73. The van der Waals surface area contributed by atoms with Crippen LogP contribution in [0.15, 0.2) is 18.2 Å². The van der Waals surface area contributed by atoms with Crippen LogP contribution >= 0.6 is 0 Å². The number of carbonyl (C=O) groups is 1. The average molecular weight is 322 g/mol.